The quantitative estimate of drug-likeness (QED) is 0.530. The molecule has 6 unspecified atom stereocenters. The van der Waals surface area contributed by atoms with Crippen LogP contribution in [0.25, 0.3) is 0 Å². The zero-order chi connectivity index (χ0) is 15.5. The summed E-state index contributed by atoms with van der Waals surface area (Å²) < 4.78 is 0. The second kappa shape index (κ2) is 7.15. The van der Waals surface area contributed by atoms with Gasteiger partial charge in [0.05, 0.1) is 6.17 Å². The molecule has 3 rings (SSSR count). The maximum Gasteiger partial charge on any atom is 0.317 e. The Kier molecular flexibility index (Phi) is 5.21. The van der Waals surface area contributed by atoms with Crippen molar-refractivity contribution in [2.45, 2.75) is 82.8 Å². The second-order valence-corrected chi connectivity index (χ2v) is 7.44. The van der Waals surface area contributed by atoms with Gasteiger partial charge in [0, 0.05) is 12.1 Å². The van der Waals surface area contributed by atoms with Crippen LogP contribution >= 0.6 is 0 Å². The lowest BCUT2D eigenvalue weighted by molar-refractivity contribution is 0.142. The topological polar surface area (TPSA) is 91.2 Å². The summed E-state index contributed by atoms with van der Waals surface area (Å²) in [6.45, 7) is 2.08. The lowest BCUT2D eigenvalue weighted by atomic mass is 9.69. The fourth-order valence-corrected chi connectivity index (χ4v) is 4.51. The number of fused-ring (bicyclic) bond motifs is 1. The Labute approximate surface area is 133 Å². The lowest BCUT2D eigenvalue weighted by Crippen LogP contribution is -2.67. The van der Waals surface area contributed by atoms with Gasteiger partial charge in [-0.1, -0.05) is 25.7 Å². The highest BCUT2D eigenvalue weighted by atomic mass is 16.2. The number of nitrogens with two attached hydrogens (primary N) is 1. The first kappa shape index (κ1) is 16.0. The first-order valence-corrected chi connectivity index (χ1v) is 8.95. The zero-order valence-electron chi connectivity index (χ0n) is 13.6. The molecule has 126 valence electrons. The van der Waals surface area contributed by atoms with Crippen LogP contribution in [0.3, 0.4) is 0 Å². The largest absolute Gasteiger partial charge is 0.335 e. The van der Waals surface area contributed by atoms with Crippen LogP contribution < -0.4 is 27.0 Å². The normalized spacial score (nSPS) is 42.3. The molecule has 1 aliphatic heterocycles. The number of rotatable bonds is 2. The molecular formula is C16H31N5O. The Morgan fingerprint density at radius 3 is 2.55 bits per heavy atom. The third-order valence-electron chi connectivity index (χ3n) is 5.59. The summed E-state index contributed by atoms with van der Waals surface area (Å²) in [4.78, 5) is 12.2. The van der Waals surface area contributed by atoms with E-state index >= 15 is 0 Å². The van der Waals surface area contributed by atoms with Gasteiger partial charge in [0.15, 0.2) is 0 Å². The van der Waals surface area contributed by atoms with E-state index in [1.165, 1.54) is 32.1 Å². The molecule has 2 saturated carbocycles. The van der Waals surface area contributed by atoms with Crippen molar-refractivity contribution in [3.63, 3.8) is 0 Å². The summed E-state index contributed by atoms with van der Waals surface area (Å²) in [6, 6.07) is 0.541. The third kappa shape index (κ3) is 4.12. The maximum atomic E-state index is 12.2. The summed E-state index contributed by atoms with van der Waals surface area (Å²) in [5.74, 6) is 1.74. The van der Waals surface area contributed by atoms with Crippen molar-refractivity contribution in [1.82, 2.24) is 21.3 Å². The van der Waals surface area contributed by atoms with Gasteiger partial charge in [-0.15, -0.1) is 0 Å². The minimum absolute atomic E-state index is 0.0702. The van der Waals surface area contributed by atoms with Gasteiger partial charge in [0.25, 0.3) is 0 Å². The van der Waals surface area contributed by atoms with Crippen LogP contribution in [0, 0.1) is 11.8 Å². The molecule has 6 nitrogen and oxygen atoms in total. The summed E-state index contributed by atoms with van der Waals surface area (Å²) in [7, 11) is 0. The molecule has 0 spiro atoms. The fourth-order valence-electron chi connectivity index (χ4n) is 4.51. The van der Waals surface area contributed by atoms with Gasteiger partial charge in [-0.05, 0) is 44.4 Å². The van der Waals surface area contributed by atoms with Gasteiger partial charge >= 0.3 is 6.03 Å². The first-order chi connectivity index (χ1) is 10.6. The molecule has 1 saturated heterocycles. The van der Waals surface area contributed by atoms with Gasteiger partial charge in [-0.3, -0.25) is 10.6 Å². The molecule has 0 aromatic carbocycles. The molecule has 6 atom stereocenters. The fraction of sp³-hybridized carbons (Fsp3) is 0.938. The molecule has 6 heteroatoms. The summed E-state index contributed by atoms with van der Waals surface area (Å²) in [5, 5.41) is 12.6. The monoisotopic (exact) mass is 309 g/mol. The van der Waals surface area contributed by atoms with Crippen LogP contribution in [0.4, 0.5) is 4.79 Å². The maximum absolute atomic E-state index is 12.2. The van der Waals surface area contributed by atoms with E-state index in [1.54, 1.807) is 0 Å². The Bertz CT molecular complexity index is 381. The standard InChI is InChI=1S/C16H31N5O/c1-10-8-14(17)20-15(18-10)21-16(22)19-13-7-6-11-4-2-3-5-12(11)9-13/h10-15,18,20H,2-9,17H2,1H3,(H2,19,21,22). The Morgan fingerprint density at radius 2 is 1.77 bits per heavy atom. The second-order valence-electron chi connectivity index (χ2n) is 7.44. The third-order valence-corrected chi connectivity index (χ3v) is 5.59. The van der Waals surface area contributed by atoms with E-state index in [4.69, 9.17) is 5.73 Å². The SMILES string of the molecule is CC1CC(N)NC(NC(=O)NC2CCC3CCCCC3C2)N1. The van der Waals surface area contributed by atoms with Crippen molar-refractivity contribution in [1.29, 1.82) is 0 Å². The van der Waals surface area contributed by atoms with Crippen LogP contribution in [0.1, 0.15) is 58.3 Å². The Morgan fingerprint density at radius 1 is 1.00 bits per heavy atom. The molecular weight excluding hydrogens is 278 g/mol. The average molecular weight is 309 g/mol. The van der Waals surface area contributed by atoms with E-state index in [0.29, 0.717) is 12.1 Å². The van der Waals surface area contributed by atoms with Crippen molar-refractivity contribution in [3.8, 4) is 0 Å². The van der Waals surface area contributed by atoms with Crippen LogP contribution in [0.2, 0.25) is 0 Å². The van der Waals surface area contributed by atoms with Crippen molar-refractivity contribution < 1.29 is 4.79 Å². The van der Waals surface area contributed by atoms with E-state index in [1.807, 2.05) is 0 Å². The van der Waals surface area contributed by atoms with E-state index in [9.17, 15) is 4.79 Å². The number of urea groups is 1. The molecule has 0 aromatic heterocycles. The highest BCUT2D eigenvalue weighted by Gasteiger charge is 2.33. The molecule has 3 aliphatic rings. The van der Waals surface area contributed by atoms with E-state index in [2.05, 4.69) is 28.2 Å². The van der Waals surface area contributed by atoms with E-state index in [-0.39, 0.29) is 18.5 Å². The van der Waals surface area contributed by atoms with Gasteiger partial charge in [0.2, 0.25) is 0 Å². The molecule has 6 N–H and O–H groups in total. The molecule has 2 aliphatic carbocycles. The van der Waals surface area contributed by atoms with Crippen LogP contribution in [-0.2, 0) is 0 Å². The minimum atomic E-state index is -0.246. The van der Waals surface area contributed by atoms with Crippen molar-refractivity contribution in [3.05, 3.63) is 0 Å². The van der Waals surface area contributed by atoms with Crippen LogP contribution in [0.15, 0.2) is 0 Å². The molecule has 0 aromatic rings. The number of amides is 2. The Hall–Kier alpha value is -0.850. The molecule has 0 bridgehead atoms. The van der Waals surface area contributed by atoms with Crippen molar-refractivity contribution >= 4 is 6.03 Å². The zero-order valence-corrected chi connectivity index (χ0v) is 13.6. The number of hydrogen-bond acceptors (Lipinski definition) is 4. The van der Waals surface area contributed by atoms with Crippen molar-refractivity contribution in [2.24, 2.45) is 17.6 Å². The first-order valence-electron chi connectivity index (χ1n) is 8.95. The lowest BCUT2D eigenvalue weighted by Gasteiger charge is -2.40. The number of hydrogen-bond donors (Lipinski definition) is 5. The van der Waals surface area contributed by atoms with Gasteiger partial charge in [0.1, 0.15) is 6.29 Å². The summed E-state index contributed by atoms with van der Waals surface area (Å²) in [5.41, 5.74) is 5.93. The molecule has 2 amide bonds. The van der Waals surface area contributed by atoms with Crippen molar-refractivity contribution in [2.75, 3.05) is 0 Å². The molecule has 0 radical (unpaired) electrons. The number of carbonyl (C=O) groups is 1. The van der Waals surface area contributed by atoms with Crippen LogP contribution in [-0.4, -0.2) is 30.6 Å². The predicted octanol–water partition coefficient (Wildman–Crippen LogP) is 1.18. The summed E-state index contributed by atoms with van der Waals surface area (Å²) >= 11 is 0. The Balaban J connectivity index is 1.43. The highest BCUT2D eigenvalue weighted by Crippen LogP contribution is 2.40. The van der Waals surface area contributed by atoms with Gasteiger partial charge < -0.3 is 16.4 Å². The number of nitrogens with one attached hydrogen (secondary N) is 4. The van der Waals surface area contributed by atoms with Gasteiger partial charge in [-0.2, -0.15) is 0 Å². The molecule has 1 heterocycles. The minimum Gasteiger partial charge on any atom is -0.335 e. The van der Waals surface area contributed by atoms with E-state index < -0.39 is 0 Å². The van der Waals surface area contributed by atoms with Crippen LogP contribution in [0.5, 0.6) is 0 Å². The van der Waals surface area contributed by atoms with Gasteiger partial charge in [-0.25, -0.2) is 4.79 Å². The highest BCUT2D eigenvalue weighted by molar-refractivity contribution is 5.74. The average Bonchev–Trinajstić information content (AvgIpc) is 2.45. The molecule has 3 fully saturated rings. The predicted molar refractivity (Wildman–Crippen MR) is 86.9 cm³/mol. The summed E-state index contributed by atoms with van der Waals surface area (Å²) in [6.07, 6.45) is 9.61. The molecule has 22 heavy (non-hydrogen) atoms. The van der Waals surface area contributed by atoms with E-state index in [0.717, 1.165) is 31.1 Å². The smallest absolute Gasteiger partial charge is 0.317 e. The number of carbonyl (C=O) groups excluding carboxylic acids is 1.